The highest BCUT2D eigenvalue weighted by molar-refractivity contribution is 7.18. The van der Waals surface area contributed by atoms with Gasteiger partial charge in [0.05, 0.1) is 16.8 Å². The van der Waals surface area contributed by atoms with Crippen molar-refractivity contribution < 1.29 is 13.9 Å². The summed E-state index contributed by atoms with van der Waals surface area (Å²) < 4.78 is 19.0. The van der Waals surface area contributed by atoms with Gasteiger partial charge in [0, 0.05) is 6.07 Å². The summed E-state index contributed by atoms with van der Waals surface area (Å²) in [6.07, 6.45) is 0. The quantitative estimate of drug-likeness (QED) is 0.801. The maximum Gasteiger partial charge on any atom is 0.318 e. The van der Waals surface area contributed by atoms with E-state index >= 15 is 0 Å². The van der Waals surface area contributed by atoms with Crippen LogP contribution < -0.4 is 0 Å². The normalized spacial score (nSPS) is 11.8. The zero-order valence-corrected chi connectivity index (χ0v) is 11.3. The number of carbonyl (C=O) groups excluding carboxylic acids is 1. The molecule has 2 aromatic rings. The third kappa shape index (κ3) is 2.22. The molecule has 0 N–H and O–H groups in total. The first-order valence-corrected chi connectivity index (χ1v) is 6.50. The Morgan fingerprint density at radius 3 is 2.89 bits per heavy atom. The van der Waals surface area contributed by atoms with Crippen LogP contribution in [0.4, 0.5) is 4.39 Å². The minimum Gasteiger partial charge on any atom is -0.465 e. The van der Waals surface area contributed by atoms with E-state index in [0.717, 1.165) is 4.70 Å². The highest BCUT2D eigenvalue weighted by Crippen LogP contribution is 2.32. The fourth-order valence-corrected chi connectivity index (χ4v) is 2.60. The minimum atomic E-state index is -0.809. The molecule has 0 radical (unpaired) electrons. The Morgan fingerprint density at radius 2 is 2.22 bits per heavy atom. The van der Waals surface area contributed by atoms with E-state index in [0.29, 0.717) is 17.1 Å². The average Bonchev–Trinajstić information content (AvgIpc) is 2.72. The molecule has 0 amide bonds. The molecular weight excluding hydrogens is 253 g/mol. The van der Waals surface area contributed by atoms with Crippen molar-refractivity contribution in [3.63, 3.8) is 0 Å². The molecule has 0 bridgehead atoms. The molecule has 0 saturated carbocycles. The van der Waals surface area contributed by atoms with Crippen molar-refractivity contribution >= 4 is 27.5 Å². The fourth-order valence-electron chi connectivity index (χ4n) is 1.57. The van der Waals surface area contributed by atoms with Crippen molar-refractivity contribution in [1.29, 1.82) is 0 Å². The lowest BCUT2D eigenvalue weighted by atomic mass is 9.95. The molecule has 18 heavy (non-hydrogen) atoms. The van der Waals surface area contributed by atoms with Gasteiger partial charge < -0.3 is 4.74 Å². The summed E-state index contributed by atoms with van der Waals surface area (Å²) in [5.74, 6) is -0.641. The van der Waals surface area contributed by atoms with Crippen LogP contribution in [0.1, 0.15) is 25.8 Å². The molecule has 3 nitrogen and oxygen atoms in total. The number of halogens is 1. The summed E-state index contributed by atoms with van der Waals surface area (Å²) in [5.41, 5.74) is -0.233. The molecule has 0 aliphatic heterocycles. The average molecular weight is 267 g/mol. The van der Waals surface area contributed by atoms with Crippen LogP contribution >= 0.6 is 11.3 Å². The van der Waals surface area contributed by atoms with Crippen molar-refractivity contribution in [3.8, 4) is 0 Å². The maximum atomic E-state index is 13.1. The third-order valence-corrected chi connectivity index (χ3v) is 4.03. The Kier molecular flexibility index (Phi) is 3.34. The number of thiazole rings is 1. The molecule has 1 aromatic carbocycles. The second-order valence-corrected chi connectivity index (χ2v) is 5.51. The molecule has 0 aliphatic rings. The first-order chi connectivity index (χ1) is 8.45. The van der Waals surface area contributed by atoms with E-state index in [9.17, 15) is 9.18 Å². The predicted octanol–water partition coefficient (Wildman–Crippen LogP) is 3.28. The van der Waals surface area contributed by atoms with Crippen LogP contribution in [-0.4, -0.2) is 17.6 Å². The molecule has 1 heterocycles. The molecule has 0 spiro atoms. The van der Waals surface area contributed by atoms with E-state index < -0.39 is 5.41 Å². The first-order valence-electron chi connectivity index (χ1n) is 5.69. The van der Waals surface area contributed by atoms with Gasteiger partial charge in [-0.05, 0) is 32.9 Å². The lowest BCUT2D eigenvalue weighted by Crippen LogP contribution is -2.30. The molecule has 5 heteroatoms. The SMILES string of the molecule is CCOC(=O)C(C)(C)c1nc2cc(F)ccc2s1. The van der Waals surface area contributed by atoms with Gasteiger partial charge in [-0.15, -0.1) is 11.3 Å². The summed E-state index contributed by atoms with van der Waals surface area (Å²) in [6.45, 7) is 5.63. The van der Waals surface area contributed by atoms with Crippen LogP contribution in [0.5, 0.6) is 0 Å². The van der Waals surface area contributed by atoms with Crippen molar-refractivity contribution in [2.75, 3.05) is 6.61 Å². The highest BCUT2D eigenvalue weighted by atomic mass is 32.1. The van der Waals surface area contributed by atoms with Gasteiger partial charge in [-0.2, -0.15) is 0 Å². The van der Waals surface area contributed by atoms with Gasteiger partial charge in [0.25, 0.3) is 0 Å². The molecule has 0 saturated heterocycles. The Hall–Kier alpha value is -1.49. The number of benzene rings is 1. The van der Waals surface area contributed by atoms with E-state index in [1.54, 1.807) is 26.8 Å². The van der Waals surface area contributed by atoms with E-state index in [1.165, 1.54) is 23.5 Å². The molecule has 1 aromatic heterocycles. The van der Waals surface area contributed by atoms with Crippen molar-refractivity contribution in [2.24, 2.45) is 0 Å². The molecule has 0 fully saturated rings. The van der Waals surface area contributed by atoms with Crippen LogP contribution in [0, 0.1) is 5.82 Å². The van der Waals surface area contributed by atoms with Gasteiger partial charge in [0.2, 0.25) is 0 Å². The van der Waals surface area contributed by atoms with Gasteiger partial charge in [-0.3, -0.25) is 4.79 Å². The molecule has 0 unspecified atom stereocenters. The largest absolute Gasteiger partial charge is 0.465 e. The summed E-state index contributed by atoms with van der Waals surface area (Å²) in [7, 11) is 0. The molecule has 0 aliphatic carbocycles. The molecular formula is C13H14FNO2S. The number of rotatable bonds is 3. The second kappa shape index (κ2) is 4.65. The van der Waals surface area contributed by atoms with E-state index in [2.05, 4.69) is 4.98 Å². The van der Waals surface area contributed by atoms with Crippen LogP contribution in [0.15, 0.2) is 18.2 Å². The molecule has 0 atom stereocenters. The minimum absolute atomic E-state index is 0.315. The summed E-state index contributed by atoms with van der Waals surface area (Å²) in [4.78, 5) is 16.2. The van der Waals surface area contributed by atoms with Gasteiger partial charge in [0.15, 0.2) is 0 Å². The monoisotopic (exact) mass is 267 g/mol. The summed E-state index contributed by atoms with van der Waals surface area (Å²) in [6, 6.07) is 4.44. The van der Waals surface area contributed by atoms with Gasteiger partial charge in [-0.25, -0.2) is 9.37 Å². The smallest absolute Gasteiger partial charge is 0.318 e. The number of hydrogen-bond donors (Lipinski definition) is 0. The summed E-state index contributed by atoms with van der Waals surface area (Å²) in [5, 5.41) is 0.640. The van der Waals surface area contributed by atoms with Gasteiger partial charge in [0.1, 0.15) is 16.2 Å². The Labute approximate surface area is 109 Å². The summed E-state index contributed by atoms with van der Waals surface area (Å²) >= 11 is 1.39. The van der Waals surface area contributed by atoms with Crippen LogP contribution in [0.3, 0.4) is 0 Å². The van der Waals surface area contributed by atoms with E-state index in [1.807, 2.05) is 0 Å². The van der Waals surface area contributed by atoms with Gasteiger partial charge in [-0.1, -0.05) is 0 Å². The number of fused-ring (bicyclic) bond motifs is 1. The number of ether oxygens (including phenoxy) is 1. The van der Waals surface area contributed by atoms with Crippen LogP contribution in [0.25, 0.3) is 10.2 Å². The molecule has 2 rings (SSSR count). The number of nitrogens with zero attached hydrogens (tertiary/aromatic N) is 1. The zero-order valence-electron chi connectivity index (χ0n) is 10.5. The number of hydrogen-bond acceptors (Lipinski definition) is 4. The Bertz CT molecular complexity index is 592. The standard InChI is InChI=1S/C13H14FNO2S/c1-4-17-12(16)13(2,3)11-15-9-7-8(14)5-6-10(9)18-11/h5-7H,4H2,1-3H3. The fraction of sp³-hybridized carbons (Fsp3) is 0.385. The first kappa shape index (κ1) is 13.0. The number of esters is 1. The van der Waals surface area contributed by atoms with Crippen molar-refractivity contribution in [1.82, 2.24) is 4.98 Å². The predicted molar refractivity (Wildman–Crippen MR) is 69.2 cm³/mol. The second-order valence-electron chi connectivity index (χ2n) is 4.48. The lowest BCUT2D eigenvalue weighted by Gasteiger charge is -2.19. The molecule has 96 valence electrons. The maximum absolute atomic E-state index is 13.1. The number of aromatic nitrogens is 1. The lowest BCUT2D eigenvalue weighted by molar-refractivity contribution is -0.148. The highest BCUT2D eigenvalue weighted by Gasteiger charge is 2.34. The van der Waals surface area contributed by atoms with E-state index in [-0.39, 0.29) is 11.8 Å². The van der Waals surface area contributed by atoms with Gasteiger partial charge >= 0.3 is 5.97 Å². The Morgan fingerprint density at radius 1 is 1.50 bits per heavy atom. The Balaban J connectivity index is 2.44. The topological polar surface area (TPSA) is 39.2 Å². The van der Waals surface area contributed by atoms with E-state index in [4.69, 9.17) is 4.74 Å². The van der Waals surface area contributed by atoms with Crippen LogP contribution in [-0.2, 0) is 14.9 Å². The number of carbonyl (C=O) groups is 1. The van der Waals surface area contributed by atoms with Crippen molar-refractivity contribution in [3.05, 3.63) is 29.0 Å². The third-order valence-electron chi connectivity index (χ3n) is 2.67. The van der Waals surface area contributed by atoms with Crippen LogP contribution in [0.2, 0.25) is 0 Å². The van der Waals surface area contributed by atoms with Crippen molar-refractivity contribution in [2.45, 2.75) is 26.2 Å². The zero-order chi connectivity index (χ0) is 13.3.